The summed E-state index contributed by atoms with van der Waals surface area (Å²) in [6.45, 7) is 5.95. The molecule has 1 N–H and O–H groups in total. The van der Waals surface area contributed by atoms with Crippen LogP contribution in [-0.2, 0) is 11.8 Å². The van der Waals surface area contributed by atoms with Gasteiger partial charge in [0.05, 0.1) is 5.75 Å². The summed E-state index contributed by atoms with van der Waals surface area (Å²) >= 11 is 1.18. The average Bonchev–Trinajstić information content (AvgIpc) is 2.69. The van der Waals surface area contributed by atoms with E-state index in [4.69, 9.17) is 5.11 Å². The molecule has 1 atom stereocenters. The fourth-order valence-electron chi connectivity index (χ4n) is 2.09. The Hall–Kier alpha value is -1.28. The van der Waals surface area contributed by atoms with E-state index in [9.17, 15) is 4.79 Å². The number of likely N-dealkylation sites (N-methyl/N-ethyl adjacent to an activating group) is 2. The molecule has 0 amide bonds. The highest BCUT2D eigenvalue weighted by atomic mass is 32.2. The van der Waals surface area contributed by atoms with Crippen LogP contribution in [-0.4, -0.2) is 69.7 Å². The predicted molar refractivity (Wildman–Crippen MR) is 80.4 cm³/mol. The summed E-state index contributed by atoms with van der Waals surface area (Å²) in [6, 6.07) is 0.301. The lowest BCUT2D eigenvalue weighted by Crippen LogP contribution is -2.41. The van der Waals surface area contributed by atoms with Crippen LogP contribution in [0.1, 0.15) is 13.8 Å². The maximum absolute atomic E-state index is 10.6. The van der Waals surface area contributed by atoms with E-state index in [0.717, 1.165) is 19.0 Å². The van der Waals surface area contributed by atoms with Crippen LogP contribution in [0.4, 0.5) is 5.95 Å². The molecule has 8 heteroatoms. The van der Waals surface area contributed by atoms with E-state index in [-0.39, 0.29) is 5.75 Å². The third kappa shape index (κ3) is 4.38. The summed E-state index contributed by atoms with van der Waals surface area (Å²) in [5, 5.41) is 17.6. The fraction of sp³-hybridized carbons (Fsp3) is 0.750. The molecule has 0 saturated carbocycles. The van der Waals surface area contributed by atoms with Crippen molar-refractivity contribution in [2.75, 3.05) is 37.8 Å². The van der Waals surface area contributed by atoms with Gasteiger partial charge >= 0.3 is 5.97 Å². The molecule has 0 saturated heterocycles. The molecule has 0 radical (unpaired) electrons. The van der Waals surface area contributed by atoms with Crippen molar-refractivity contribution in [2.45, 2.75) is 25.0 Å². The van der Waals surface area contributed by atoms with Crippen molar-refractivity contribution in [1.29, 1.82) is 0 Å². The molecule has 1 aromatic rings. The number of thioether (sulfide) groups is 1. The first-order chi connectivity index (χ1) is 9.36. The Bertz CT molecular complexity index is 449. The summed E-state index contributed by atoms with van der Waals surface area (Å²) in [4.78, 5) is 14.9. The maximum atomic E-state index is 10.6. The van der Waals surface area contributed by atoms with E-state index in [1.54, 1.807) is 0 Å². The van der Waals surface area contributed by atoms with Gasteiger partial charge in [0.1, 0.15) is 0 Å². The van der Waals surface area contributed by atoms with Crippen molar-refractivity contribution in [3.63, 3.8) is 0 Å². The van der Waals surface area contributed by atoms with E-state index in [2.05, 4.69) is 33.8 Å². The molecule has 20 heavy (non-hydrogen) atoms. The predicted octanol–water partition coefficient (Wildman–Crippen LogP) is 0.768. The molecule has 0 aromatic carbocycles. The summed E-state index contributed by atoms with van der Waals surface area (Å²) in [7, 11) is 5.94. The number of carbonyl (C=O) groups is 1. The van der Waals surface area contributed by atoms with Crippen molar-refractivity contribution >= 4 is 23.7 Å². The molecule has 114 valence electrons. The zero-order chi connectivity index (χ0) is 15.3. The molecule has 0 aliphatic carbocycles. The van der Waals surface area contributed by atoms with Crippen molar-refractivity contribution in [2.24, 2.45) is 7.05 Å². The van der Waals surface area contributed by atoms with Crippen LogP contribution in [0.15, 0.2) is 5.16 Å². The topological polar surface area (TPSA) is 74.5 Å². The SMILES string of the molecule is CCN(c1nnc(SCC(=O)O)n1C)C(C)CN(C)C. The Morgan fingerprint density at radius 1 is 1.45 bits per heavy atom. The molecular weight excluding hydrogens is 278 g/mol. The van der Waals surface area contributed by atoms with Gasteiger partial charge in [0.2, 0.25) is 5.95 Å². The van der Waals surface area contributed by atoms with Gasteiger partial charge in [-0.25, -0.2) is 0 Å². The van der Waals surface area contributed by atoms with Gasteiger partial charge in [0.15, 0.2) is 5.16 Å². The van der Waals surface area contributed by atoms with Crippen LogP contribution in [0.3, 0.4) is 0 Å². The molecule has 7 nitrogen and oxygen atoms in total. The largest absolute Gasteiger partial charge is 0.481 e. The molecule has 0 aliphatic heterocycles. The van der Waals surface area contributed by atoms with E-state index in [0.29, 0.717) is 11.2 Å². The zero-order valence-corrected chi connectivity index (χ0v) is 13.5. The molecule has 1 rings (SSSR count). The lowest BCUT2D eigenvalue weighted by molar-refractivity contribution is -0.133. The van der Waals surface area contributed by atoms with Gasteiger partial charge in [-0.15, -0.1) is 10.2 Å². The third-order valence-corrected chi connectivity index (χ3v) is 3.90. The first-order valence-electron chi connectivity index (χ1n) is 6.52. The smallest absolute Gasteiger partial charge is 0.313 e. The first-order valence-corrected chi connectivity index (χ1v) is 7.50. The minimum Gasteiger partial charge on any atom is -0.481 e. The highest BCUT2D eigenvalue weighted by Crippen LogP contribution is 2.21. The number of nitrogens with zero attached hydrogens (tertiary/aromatic N) is 5. The van der Waals surface area contributed by atoms with Crippen molar-refractivity contribution in [3.8, 4) is 0 Å². The quantitative estimate of drug-likeness (QED) is 0.711. The standard InChI is InChI=1S/C12H23N5O2S/c1-6-17(9(2)7-15(3)4)11-13-14-12(16(11)5)20-8-10(18)19/h9H,6-8H2,1-5H3,(H,18,19). The molecule has 0 aliphatic rings. The summed E-state index contributed by atoms with van der Waals surface area (Å²) in [5.41, 5.74) is 0. The van der Waals surface area contributed by atoms with Gasteiger partial charge < -0.3 is 14.9 Å². The number of aliphatic carboxylic acids is 1. The summed E-state index contributed by atoms with van der Waals surface area (Å²) < 4.78 is 1.85. The monoisotopic (exact) mass is 301 g/mol. The second-order valence-corrected chi connectivity index (χ2v) is 5.86. The lowest BCUT2D eigenvalue weighted by Gasteiger charge is -2.30. The number of anilines is 1. The Morgan fingerprint density at radius 3 is 2.60 bits per heavy atom. The normalized spacial score (nSPS) is 12.7. The molecule has 1 aromatic heterocycles. The van der Waals surface area contributed by atoms with Crippen LogP contribution >= 0.6 is 11.8 Å². The van der Waals surface area contributed by atoms with E-state index in [1.807, 2.05) is 25.7 Å². The van der Waals surface area contributed by atoms with Gasteiger partial charge in [0.25, 0.3) is 0 Å². The second-order valence-electron chi connectivity index (χ2n) is 4.92. The number of hydrogen-bond donors (Lipinski definition) is 1. The Balaban J connectivity index is 2.85. The van der Waals surface area contributed by atoms with E-state index in [1.165, 1.54) is 11.8 Å². The number of carboxylic acids is 1. The van der Waals surface area contributed by atoms with Crippen LogP contribution < -0.4 is 4.90 Å². The van der Waals surface area contributed by atoms with Crippen LogP contribution in [0.25, 0.3) is 0 Å². The van der Waals surface area contributed by atoms with Crippen molar-refractivity contribution in [1.82, 2.24) is 19.7 Å². The number of carboxylic acid groups (broad SMARTS) is 1. The minimum absolute atomic E-state index is 0.00858. The second kappa shape index (κ2) is 7.49. The van der Waals surface area contributed by atoms with Crippen LogP contribution in [0, 0.1) is 0 Å². The summed E-state index contributed by atoms with van der Waals surface area (Å²) in [6.07, 6.45) is 0. The Kier molecular flexibility index (Phi) is 6.28. The zero-order valence-electron chi connectivity index (χ0n) is 12.7. The average molecular weight is 301 g/mol. The van der Waals surface area contributed by atoms with Gasteiger partial charge in [0, 0.05) is 26.2 Å². The number of rotatable bonds is 8. The van der Waals surface area contributed by atoms with Crippen LogP contribution in [0.5, 0.6) is 0 Å². The molecule has 0 fully saturated rings. The lowest BCUT2D eigenvalue weighted by atomic mass is 10.3. The van der Waals surface area contributed by atoms with E-state index >= 15 is 0 Å². The molecule has 1 heterocycles. The van der Waals surface area contributed by atoms with Crippen molar-refractivity contribution < 1.29 is 9.90 Å². The molecule has 0 bridgehead atoms. The Labute approximate surface area is 124 Å². The van der Waals surface area contributed by atoms with Gasteiger partial charge in [-0.3, -0.25) is 9.36 Å². The Morgan fingerprint density at radius 2 is 2.10 bits per heavy atom. The molecule has 0 spiro atoms. The number of aromatic nitrogens is 3. The summed E-state index contributed by atoms with van der Waals surface area (Å²) in [5.74, 6) is -0.0895. The van der Waals surface area contributed by atoms with Gasteiger partial charge in [-0.2, -0.15) is 0 Å². The third-order valence-electron chi connectivity index (χ3n) is 2.90. The number of hydrogen-bond acceptors (Lipinski definition) is 6. The minimum atomic E-state index is -0.854. The van der Waals surface area contributed by atoms with Crippen molar-refractivity contribution in [3.05, 3.63) is 0 Å². The highest BCUT2D eigenvalue weighted by Gasteiger charge is 2.20. The maximum Gasteiger partial charge on any atom is 0.313 e. The van der Waals surface area contributed by atoms with Gasteiger partial charge in [-0.05, 0) is 27.9 Å². The fourth-order valence-corrected chi connectivity index (χ4v) is 2.71. The molecular formula is C12H23N5O2S. The van der Waals surface area contributed by atoms with Crippen LogP contribution in [0.2, 0.25) is 0 Å². The first kappa shape index (κ1) is 16.8. The van der Waals surface area contributed by atoms with E-state index < -0.39 is 5.97 Å². The highest BCUT2D eigenvalue weighted by molar-refractivity contribution is 7.99. The molecule has 1 unspecified atom stereocenters. The van der Waals surface area contributed by atoms with Gasteiger partial charge in [-0.1, -0.05) is 11.8 Å².